The topological polar surface area (TPSA) is 54.0 Å². The van der Waals surface area contributed by atoms with Crippen molar-refractivity contribution in [2.75, 3.05) is 12.4 Å². The van der Waals surface area contributed by atoms with Crippen LogP contribution in [0, 0.1) is 0 Å². The summed E-state index contributed by atoms with van der Waals surface area (Å²) in [5.74, 6) is -0.0881. The van der Waals surface area contributed by atoms with Crippen LogP contribution in [-0.2, 0) is 6.54 Å². The predicted octanol–water partition coefficient (Wildman–Crippen LogP) is 2.71. The van der Waals surface area contributed by atoms with Crippen molar-refractivity contribution in [2.24, 2.45) is 0 Å². The van der Waals surface area contributed by atoms with Crippen molar-refractivity contribution in [3.8, 4) is 0 Å². The van der Waals surface area contributed by atoms with E-state index in [-0.39, 0.29) is 5.91 Å². The van der Waals surface area contributed by atoms with E-state index in [4.69, 9.17) is 11.6 Å². The van der Waals surface area contributed by atoms with Gasteiger partial charge in [0.15, 0.2) is 5.15 Å². The van der Waals surface area contributed by atoms with Crippen LogP contribution < -0.4 is 10.6 Å². The molecule has 0 unspecified atom stereocenters. The third kappa shape index (κ3) is 3.45. The molecule has 2 N–H and O–H groups in total. The maximum atomic E-state index is 11.4. The van der Waals surface area contributed by atoms with Crippen LogP contribution in [0.15, 0.2) is 42.6 Å². The second-order valence-corrected chi connectivity index (χ2v) is 4.33. The van der Waals surface area contributed by atoms with Gasteiger partial charge in [-0.2, -0.15) is 0 Å². The first-order valence-corrected chi connectivity index (χ1v) is 6.24. The van der Waals surface area contributed by atoms with Crippen LogP contribution in [0.4, 0.5) is 5.69 Å². The summed E-state index contributed by atoms with van der Waals surface area (Å²) in [5.41, 5.74) is 2.50. The van der Waals surface area contributed by atoms with E-state index in [0.717, 1.165) is 11.3 Å². The quantitative estimate of drug-likeness (QED) is 0.844. The van der Waals surface area contributed by atoms with Gasteiger partial charge in [-0.25, -0.2) is 4.98 Å². The summed E-state index contributed by atoms with van der Waals surface area (Å²) in [7, 11) is 1.61. The molecule has 0 saturated heterocycles. The lowest BCUT2D eigenvalue weighted by molar-refractivity contribution is 0.0963. The molecule has 0 aliphatic heterocycles. The van der Waals surface area contributed by atoms with E-state index in [1.165, 1.54) is 0 Å². The number of benzene rings is 1. The fourth-order valence-electron chi connectivity index (χ4n) is 1.63. The van der Waals surface area contributed by atoms with Crippen molar-refractivity contribution in [2.45, 2.75) is 6.54 Å². The van der Waals surface area contributed by atoms with Crippen molar-refractivity contribution >= 4 is 23.2 Å². The van der Waals surface area contributed by atoms with Gasteiger partial charge in [0.05, 0.1) is 5.69 Å². The monoisotopic (exact) mass is 275 g/mol. The van der Waals surface area contributed by atoms with Gasteiger partial charge >= 0.3 is 0 Å². The Morgan fingerprint density at radius 2 is 2.00 bits per heavy atom. The molecule has 0 aliphatic carbocycles. The molecule has 4 nitrogen and oxygen atoms in total. The Labute approximate surface area is 116 Å². The minimum Gasteiger partial charge on any atom is -0.378 e. The first-order valence-electron chi connectivity index (χ1n) is 5.86. The van der Waals surface area contributed by atoms with Crippen LogP contribution >= 0.6 is 11.6 Å². The van der Waals surface area contributed by atoms with Gasteiger partial charge in [-0.1, -0.05) is 23.7 Å². The Morgan fingerprint density at radius 1 is 1.26 bits per heavy atom. The molecule has 0 fully saturated rings. The smallest absolute Gasteiger partial charge is 0.251 e. The SMILES string of the molecule is CNC(=O)c1ccc(CNc2cccnc2Cl)cc1. The molecule has 0 atom stereocenters. The molecule has 0 radical (unpaired) electrons. The first kappa shape index (κ1) is 13.4. The number of anilines is 1. The second kappa shape index (κ2) is 6.20. The van der Waals surface area contributed by atoms with Gasteiger partial charge in [-0.15, -0.1) is 0 Å². The Kier molecular flexibility index (Phi) is 4.36. The Bertz CT molecular complexity index is 569. The number of rotatable bonds is 4. The number of carbonyl (C=O) groups is 1. The summed E-state index contributed by atoms with van der Waals surface area (Å²) in [6.07, 6.45) is 1.64. The molecule has 0 spiro atoms. The highest BCUT2D eigenvalue weighted by atomic mass is 35.5. The number of hydrogen-bond acceptors (Lipinski definition) is 3. The summed E-state index contributed by atoms with van der Waals surface area (Å²) >= 11 is 5.95. The Hall–Kier alpha value is -2.07. The second-order valence-electron chi connectivity index (χ2n) is 3.97. The highest BCUT2D eigenvalue weighted by molar-refractivity contribution is 6.31. The number of hydrogen-bond donors (Lipinski definition) is 2. The number of halogens is 1. The van der Waals surface area contributed by atoms with E-state index in [2.05, 4.69) is 15.6 Å². The van der Waals surface area contributed by atoms with Gasteiger partial charge in [-0.3, -0.25) is 4.79 Å². The van der Waals surface area contributed by atoms with Crippen molar-refractivity contribution < 1.29 is 4.79 Å². The zero-order valence-electron chi connectivity index (χ0n) is 10.5. The Balaban J connectivity index is 2.01. The molecule has 2 aromatic rings. The summed E-state index contributed by atoms with van der Waals surface area (Å²) in [4.78, 5) is 15.4. The lowest BCUT2D eigenvalue weighted by Crippen LogP contribution is -2.17. The minimum absolute atomic E-state index is 0.0881. The maximum absolute atomic E-state index is 11.4. The fraction of sp³-hybridized carbons (Fsp3) is 0.143. The van der Waals surface area contributed by atoms with Gasteiger partial charge in [0.2, 0.25) is 0 Å². The zero-order chi connectivity index (χ0) is 13.7. The minimum atomic E-state index is -0.0881. The van der Waals surface area contributed by atoms with Crippen LogP contribution in [0.1, 0.15) is 15.9 Å². The maximum Gasteiger partial charge on any atom is 0.251 e. The number of carbonyl (C=O) groups excluding carboxylic acids is 1. The lowest BCUT2D eigenvalue weighted by atomic mass is 10.1. The van der Waals surface area contributed by atoms with E-state index >= 15 is 0 Å². The van der Waals surface area contributed by atoms with Gasteiger partial charge in [0, 0.05) is 25.4 Å². The lowest BCUT2D eigenvalue weighted by Gasteiger charge is -2.08. The van der Waals surface area contributed by atoms with Crippen LogP contribution in [0.2, 0.25) is 5.15 Å². The first-order chi connectivity index (χ1) is 9.20. The molecule has 1 aromatic heterocycles. The largest absolute Gasteiger partial charge is 0.378 e. The van der Waals surface area contributed by atoms with Gasteiger partial charge in [-0.05, 0) is 29.8 Å². The molecule has 5 heteroatoms. The third-order valence-corrected chi connectivity index (χ3v) is 2.99. The Morgan fingerprint density at radius 3 is 2.63 bits per heavy atom. The number of aromatic nitrogens is 1. The number of nitrogens with one attached hydrogen (secondary N) is 2. The highest BCUT2D eigenvalue weighted by Gasteiger charge is 2.03. The van der Waals surface area contributed by atoms with Crippen molar-refractivity contribution in [3.05, 3.63) is 58.9 Å². The van der Waals surface area contributed by atoms with Gasteiger partial charge in [0.25, 0.3) is 5.91 Å². The standard InChI is InChI=1S/C14H14ClN3O/c1-16-14(19)11-6-4-10(5-7-11)9-18-12-3-2-8-17-13(12)15/h2-8,18H,9H2,1H3,(H,16,19). The van der Waals surface area contributed by atoms with Crippen molar-refractivity contribution in [1.82, 2.24) is 10.3 Å². The van der Waals surface area contributed by atoms with Gasteiger partial charge < -0.3 is 10.6 Å². The molecule has 1 heterocycles. The van der Waals surface area contributed by atoms with Gasteiger partial charge in [0.1, 0.15) is 0 Å². The van der Waals surface area contributed by atoms with E-state index in [9.17, 15) is 4.79 Å². The molecule has 2 rings (SSSR count). The number of nitrogens with zero attached hydrogens (tertiary/aromatic N) is 1. The molecule has 98 valence electrons. The zero-order valence-corrected chi connectivity index (χ0v) is 11.2. The normalized spacial score (nSPS) is 10.0. The molecular formula is C14H14ClN3O. The summed E-state index contributed by atoms with van der Waals surface area (Å²) in [6.45, 7) is 0.624. The number of amides is 1. The molecule has 0 bridgehead atoms. The average molecular weight is 276 g/mol. The summed E-state index contributed by atoms with van der Waals surface area (Å²) in [6, 6.07) is 11.1. The average Bonchev–Trinajstić information content (AvgIpc) is 2.46. The molecular weight excluding hydrogens is 262 g/mol. The van der Waals surface area contributed by atoms with Crippen LogP contribution in [0.25, 0.3) is 0 Å². The van der Waals surface area contributed by atoms with Crippen LogP contribution in [-0.4, -0.2) is 17.9 Å². The van der Waals surface area contributed by atoms with E-state index < -0.39 is 0 Å². The highest BCUT2D eigenvalue weighted by Crippen LogP contribution is 2.18. The third-order valence-electron chi connectivity index (χ3n) is 2.69. The summed E-state index contributed by atoms with van der Waals surface area (Å²) in [5, 5.41) is 6.23. The van der Waals surface area contributed by atoms with Crippen molar-refractivity contribution in [3.63, 3.8) is 0 Å². The van der Waals surface area contributed by atoms with E-state index in [0.29, 0.717) is 17.3 Å². The molecule has 1 amide bonds. The number of pyridine rings is 1. The van der Waals surface area contributed by atoms with E-state index in [1.807, 2.05) is 24.3 Å². The van der Waals surface area contributed by atoms with Crippen LogP contribution in [0.5, 0.6) is 0 Å². The molecule has 0 saturated carbocycles. The molecule has 0 aliphatic rings. The molecule has 1 aromatic carbocycles. The molecule has 19 heavy (non-hydrogen) atoms. The summed E-state index contributed by atoms with van der Waals surface area (Å²) < 4.78 is 0. The predicted molar refractivity (Wildman–Crippen MR) is 76.4 cm³/mol. The fourth-order valence-corrected chi connectivity index (χ4v) is 1.82. The van der Waals surface area contributed by atoms with Crippen molar-refractivity contribution in [1.29, 1.82) is 0 Å². The van der Waals surface area contributed by atoms with Crippen LogP contribution in [0.3, 0.4) is 0 Å². The van der Waals surface area contributed by atoms with E-state index in [1.54, 1.807) is 25.4 Å².